The molecule has 0 spiro atoms. The van der Waals surface area contributed by atoms with Crippen LogP contribution in [0.4, 0.5) is 11.5 Å². The van der Waals surface area contributed by atoms with Gasteiger partial charge >= 0.3 is 0 Å². The second kappa shape index (κ2) is 8.15. The van der Waals surface area contributed by atoms with Gasteiger partial charge in [0.05, 0.1) is 42.6 Å². The normalized spacial score (nSPS) is 17.2. The monoisotopic (exact) mass is 374 g/mol. The zero-order chi connectivity index (χ0) is 19.3. The standard InChI is InChI=1S/C20H22N8/c1-27-9-7-22-20(27)14-28-8-3-2-4-18(28)17-12-25-19(13-24-17)26-16-6-5-15(10-21)23-11-16/h5-7,9,11-13,18H,2-4,8,14H2,1H3,(H,25,26)/t18-/m1/s1. The highest BCUT2D eigenvalue weighted by Crippen LogP contribution is 2.30. The predicted molar refractivity (Wildman–Crippen MR) is 104 cm³/mol. The molecule has 0 amide bonds. The lowest BCUT2D eigenvalue weighted by molar-refractivity contribution is 0.132. The molecule has 0 aromatic carbocycles. The smallest absolute Gasteiger partial charge is 0.148 e. The van der Waals surface area contributed by atoms with Gasteiger partial charge in [-0.3, -0.25) is 9.88 Å². The van der Waals surface area contributed by atoms with Gasteiger partial charge in [0.1, 0.15) is 23.4 Å². The van der Waals surface area contributed by atoms with Gasteiger partial charge in [-0.25, -0.2) is 15.0 Å². The van der Waals surface area contributed by atoms with Crippen LogP contribution in [0.15, 0.2) is 43.1 Å². The number of aryl methyl sites for hydroxylation is 1. The third-order valence-corrected chi connectivity index (χ3v) is 5.04. The molecule has 0 saturated carbocycles. The summed E-state index contributed by atoms with van der Waals surface area (Å²) in [4.78, 5) is 20.1. The van der Waals surface area contributed by atoms with Crippen LogP contribution in [-0.2, 0) is 13.6 Å². The van der Waals surface area contributed by atoms with E-state index >= 15 is 0 Å². The molecule has 1 atom stereocenters. The molecule has 3 aromatic heterocycles. The number of nitriles is 1. The molecule has 1 fully saturated rings. The van der Waals surface area contributed by atoms with E-state index in [1.54, 1.807) is 24.5 Å². The van der Waals surface area contributed by atoms with E-state index in [1.807, 2.05) is 31.7 Å². The number of aromatic nitrogens is 5. The molecule has 0 radical (unpaired) electrons. The fourth-order valence-corrected chi connectivity index (χ4v) is 3.50. The van der Waals surface area contributed by atoms with E-state index in [0.717, 1.165) is 36.7 Å². The van der Waals surface area contributed by atoms with Crippen molar-refractivity contribution in [2.45, 2.75) is 31.8 Å². The third-order valence-electron chi connectivity index (χ3n) is 5.04. The summed E-state index contributed by atoms with van der Waals surface area (Å²) in [6.45, 7) is 1.85. The second-order valence-corrected chi connectivity index (χ2v) is 6.93. The van der Waals surface area contributed by atoms with Gasteiger partial charge in [0.25, 0.3) is 0 Å². The van der Waals surface area contributed by atoms with Gasteiger partial charge in [-0.05, 0) is 31.5 Å². The molecule has 8 heteroatoms. The Kier molecular flexibility index (Phi) is 5.26. The Morgan fingerprint density at radius 1 is 1.14 bits per heavy atom. The van der Waals surface area contributed by atoms with Crippen LogP contribution in [0.5, 0.6) is 0 Å². The number of piperidine rings is 1. The summed E-state index contributed by atoms with van der Waals surface area (Å²) in [7, 11) is 2.03. The largest absolute Gasteiger partial charge is 0.338 e. The first-order valence-corrected chi connectivity index (χ1v) is 9.38. The van der Waals surface area contributed by atoms with Gasteiger partial charge in [-0.1, -0.05) is 6.42 Å². The maximum absolute atomic E-state index is 8.83. The van der Waals surface area contributed by atoms with Crippen LogP contribution in [0.25, 0.3) is 0 Å². The number of hydrogen-bond acceptors (Lipinski definition) is 7. The van der Waals surface area contributed by atoms with Crippen LogP contribution < -0.4 is 5.32 Å². The number of pyridine rings is 1. The molecular formula is C20H22N8. The van der Waals surface area contributed by atoms with E-state index in [2.05, 4.69) is 34.7 Å². The molecule has 1 N–H and O–H groups in total. The Bertz CT molecular complexity index is 955. The lowest BCUT2D eigenvalue weighted by Crippen LogP contribution is -2.34. The summed E-state index contributed by atoms with van der Waals surface area (Å²) in [5.41, 5.74) is 2.14. The van der Waals surface area contributed by atoms with Crippen molar-refractivity contribution >= 4 is 11.5 Å². The van der Waals surface area contributed by atoms with Gasteiger partial charge < -0.3 is 9.88 Å². The Balaban J connectivity index is 1.46. The van der Waals surface area contributed by atoms with Gasteiger partial charge in [-0.15, -0.1) is 0 Å². The SMILES string of the molecule is Cn1ccnc1CN1CCCC[C@@H]1c1cnc(Nc2ccc(C#N)nc2)cn1. The lowest BCUT2D eigenvalue weighted by Gasteiger charge is -2.34. The number of nitrogens with one attached hydrogen (secondary N) is 1. The van der Waals surface area contributed by atoms with Gasteiger partial charge in [0, 0.05) is 19.4 Å². The highest BCUT2D eigenvalue weighted by Gasteiger charge is 2.26. The van der Waals surface area contributed by atoms with E-state index in [9.17, 15) is 0 Å². The highest BCUT2D eigenvalue weighted by atomic mass is 15.2. The maximum atomic E-state index is 8.83. The average molecular weight is 374 g/mol. The van der Waals surface area contributed by atoms with E-state index < -0.39 is 0 Å². The van der Waals surface area contributed by atoms with Crippen LogP contribution in [0, 0.1) is 11.3 Å². The minimum atomic E-state index is 0.253. The lowest BCUT2D eigenvalue weighted by atomic mass is 9.99. The first kappa shape index (κ1) is 18.1. The van der Waals surface area contributed by atoms with Crippen LogP contribution in [0.1, 0.15) is 42.5 Å². The van der Waals surface area contributed by atoms with E-state index in [4.69, 9.17) is 5.26 Å². The molecule has 1 aliphatic heterocycles. The number of rotatable bonds is 5. The minimum absolute atomic E-state index is 0.253. The van der Waals surface area contributed by atoms with Crippen LogP contribution in [0.3, 0.4) is 0 Å². The maximum Gasteiger partial charge on any atom is 0.148 e. The van der Waals surface area contributed by atoms with Crippen molar-refractivity contribution in [1.29, 1.82) is 5.26 Å². The molecular weight excluding hydrogens is 352 g/mol. The molecule has 8 nitrogen and oxygen atoms in total. The topological polar surface area (TPSA) is 95.6 Å². The van der Waals surface area contributed by atoms with E-state index in [-0.39, 0.29) is 6.04 Å². The summed E-state index contributed by atoms with van der Waals surface area (Å²) in [6.07, 6.45) is 12.5. The number of anilines is 2. The zero-order valence-electron chi connectivity index (χ0n) is 15.8. The van der Waals surface area contributed by atoms with Gasteiger partial charge in [-0.2, -0.15) is 5.26 Å². The minimum Gasteiger partial charge on any atom is -0.338 e. The summed E-state index contributed by atoms with van der Waals surface area (Å²) >= 11 is 0. The van der Waals surface area contributed by atoms with E-state index in [1.165, 1.54) is 12.8 Å². The van der Waals surface area contributed by atoms with Crippen molar-refractivity contribution in [3.63, 3.8) is 0 Å². The summed E-state index contributed by atoms with van der Waals surface area (Å²) in [5, 5.41) is 12.0. The molecule has 28 heavy (non-hydrogen) atoms. The molecule has 142 valence electrons. The summed E-state index contributed by atoms with van der Waals surface area (Å²) in [5.74, 6) is 1.72. The van der Waals surface area contributed by atoms with Crippen LogP contribution in [-0.4, -0.2) is 35.9 Å². The van der Waals surface area contributed by atoms with Crippen molar-refractivity contribution < 1.29 is 0 Å². The molecule has 4 rings (SSSR count). The van der Waals surface area contributed by atoms with Crippen LogP contribution >= 0.6 is 0 Å². The number of nitrogens with zero attached hydrogens (tertiary/aromatic N) is 7. The van der Waals surface area contributed by atoms with Crippen molar-refractivity contribution in [3.05, 3.63) is 60.3 Å². The molecule has 3 aromatic rings. The number of likely N-dealkylation sites (tertiary alicyclic amines) is 1. The Morgan fingerprint density at radius 2 is 2.07 bits per heavy atom. The second-order valence-electron chi connectivity index (χ2n) is 6.93. The predicted octanol–water partition coefficient (Wildman–Crippen LogP) is 2.95. The quantitative estimate of drug-likeness (QED) is 0.733. The first-order chi connectivity index (χ1) is 13.7. The molecule has 0 unspecified atom stereocenters. The Hall–Kier alpha value is -3.31. The highest BCUT2D eigenvalue weighted by molar-refractivity contribution is 5.54. The molecule has 0 bridgehead atoms. The first-order valence-electron chi connectivity index (χ1n) is 9.38. The molecule has 4 heterocycles. The Labute approximate surface area is 163 Å². The summed E-state index contributed by atoms with van der Waals surface area (Å²) < 4.78 is 2.07. The van der Waals surface area contributed by atoms with Crippen molar-refractivity contribution in [1.82, 2.24) is 29.4 Å². The zero-order valence-corrected chi connectivity index (χ0v) is 15.8. The number of imidazole rings is 1. The molecule has 1 saturated heterocycles. The molecule has 0 aliphatic carbocycles. The average Bonchev–Trinajstić information content (AvgIpc) is 3.14. The Morgan fingerprint density at radius 3 is 2.75 bits per heavy atom. The third kappa shape index (κ3) is 4.00. The van der Waals surface area contributed by atoms with Crippen molar-refractivity contribution in [2.75, 3.05) is 11.9 Å². The van der Waals surface area contributed by atoms with Crippen molar-refractivity contribution in [2.24, 2.45) is 7.05 Å². The fraction of sp³-hybridized carbons (Fsp3) is 0.350. The molecule has 1 aliphatic rings. The number of hydrogen-bond donors (Lipinski definition) is 1. The van der Waals surface area contributed by atoms with E-state index in [0.29, 0.717) is 11.5 Å². The van der Waals surface area contributed by atoms with Crippen molar-refractivity contribution in [3.8, 4) is 6.07 Å². The fourth-order valence-electron chi connectivity index (χ4n) is 3.50. The van der Waals surface area contributed by atoms with Crippen LogP contribution in [0.2, 0.25) is 0 Å². The van der Waals surface area contributed by atoms with Gasteiger partial charge in [0.15, 0.2) is 0 Å². The summed E-state index contributed by atoms with van der Waals surface area (Å²) in [6, 6.07) is 5.73. The van der Waals surface area contributed by atoms with Gasteiger partial charge in [0.2, 0.25) is 0 Å².